The number of anilines is 1. The Kier molecular flexibility index (Phi) is 3.23. The smallest absolute Gasteiger partial charge is 0.258 e. The molecule has 1 aliphatic rings. The van der Waals surface area contributed by atoms with Crippen molar-refractivity contribution in [3.8, 4) is 0 Å². The van der Waals surface area contributed by atoms with Gasteiger partial charge in [0.05, 0.1) is 28.2 Å². The molecule has 98 valence electrons. The maximum Gasteiger partial charge on any atom is 0.301 e. The van der Waals surface area contributed by atoms with E-state index in [4.69, 9.17) is 0 Å². The van der Waals surface area contributed by atoms with Gasteiger partial charge in [-0.1, -0.05) is 6.08 Å². The van der Waals surface area contributed by atoms with Crippen LogP contribution in [0.25, 0.3) is 0 Å². The van der Waals surface area contributed by atoms with Crippen molar-refractivity contribution in [1.29, 1.82) is 0 Å². The summed E-state index contributed by atoms with van der Waals surface area (Å²) in [5.41, 5.74) is 0.294. The number of hydrogen-bond acceptors (Lipinski definition) is 6. The second-order valence-corrected chi connectivity index (χ2v) is 3.91. The minimum Gasteiger partial charge on any atom is -0.258 e. The number of nitro benzene ring substituents is 2. The van der Waals surface area contributed by atoms with Crippen molar-refractivity contribution in [1.82, 2.24) is 0 Å². The summed E-state index contributed by atoms with van der Waals surface area (Å²) in [6.07, 6.45) is 3.61. The van der Waals surface area contributed by atoms with Crippen LogP contribution in [0.4, 0.5) is 17.1 Å². The van der Waals surface area contributed by atoms with Crippen molar-refractivity contribution in [2.24, 2.45) is 5.10 Å². The monoisotopic (exact) mass is 262 g/mol. The first-order chi connectivity index (χ1) is 8.99. The Balaban J connectivity index is 2.48. The molecule has 0 bridgehead atoms. The van der Waals surface area contributed by atoms with Crippen LogP contribution in [-0.4, -0.2) is 22.1 Å². The number of hydrazone groups is 1. The fraction of sp³-hybridized carbons (Fsp3) is 0.182. The number of allylic oxidation sites excluding steroid dienone is 1. The molecule has 1 aliphatic heterocycles. The van der Waals surface area contributed by atoms with Gasteiger partial charge in [0, 0.05) is 6.07 Å². The van der Waals surface area contributed by atoms with Crippen molar-refractivity contribution in [2.75, 3.05) is 11.6 Å². The molecule has 0 saturated carbocycles. The molecule has 0 N–H and O–H groups in total. The molecule has 0 spiro atoms. The SMILES string of the molecule is CC1=NN(c2ccc([N+](=O)[O-])cc2[N+](=O)[O-])CC=C1. The normalized spacial score (nSPS) is 14.2. The van der Waals surface area contributed by atoms with Gasteiger partial charge >= 0.3 is 5.69 Å². The summed E-state index contributed by atoms with van der Waals surface area (Å²) in [4.78, 5) is 20.3. The fourth-order valence-electron chi connectivity index (χ4n) is 1.73. The Morgan fingerprint density at radius 1 is 1.26 bits per heavy atom. The van der Waals surface area contributed by atoms with E-state index in [2.05, 4.69) is 5.10 Å². The summed E-state index contributed by atoms with van der Waals surface area (Å²) in [7, 11) is 0. The predicted molar refractivity (Wildman–Crippen MR) is 69.3 cm³/mol. The molecule has 0 aromatic heterocycles. The molecular formula is C11H10N4O4. The Morgan fingerprint density at radius 3 is 2.58 bits per heavy atom. The van der Waals surface area contributed by atoms with Crippen LogP contribution >= 0.6 is 0 Å². The Morgan fingerprint density at radius 2 is 2.00 bits per heavy atom. The highest BCUT2D eigenvalue weighted by Crippen LogP contribution is 2.32. The standard InChI is InChI=1S/C11H10N4O4/c1-8-3-2-6-13(12-8)10-5-4-9(14(16)17)7-11(10)15(18)19/h2-5,7H,6H2,1H3. The van der Waals surface area contributed by atoms with Crippen molar-refractivity contribution in [3.05, 3.63) is 50.6 Å². The van der Waals surface area contributed by atoms with E-state index in [-0.39, 0.29) is 17.1 Å². The first-order valence-electron chi connectivity index (χ1n) is 5.41. The second kappa shape index (κ2) is 4.84. The van der Waals surface area contributed by atoms with E-state index in [0.717, 1.165) is 6.07 Å². The molecule has 1 heterocycles. The number of nitro groups is 2. The van der Waals surface area contributed by atoms with Gasteiger partial charge < -0.3 is 0 Å². The van der Waals surface area contributed by atoms with Crippen molar-refractivity contribution >= 4 is 22.8 Å². The van der Waals surface area contributed by atoms with Gasteiger partial charge in [0.15, 0.2) is 0 Å². The van der Waals surface area contributed by atoms with Crippen LogP contribution in [0, 0.1) is 20.2 Å². The Bertz CT molecular complexity index is 609. The van der Waals surface area contributed by atoms with Gasteiger partial charge in [-0.25, -0.2) is 0 Å². The predicted octanol–water partition coefficient (Wildman–Crippen LogP) is 2.26. The summed E-state index contributed by atoms with van der Waals surface area (Å²) >= 11 is 0. The molecule has 0 saturated heterocycles. The van der Waals surface area contributed by atoms with Gasteiger partial charge in [0.1, 0.15) is 5.69 Å². The maximum atomic E-state index is 11.0. The molecular weight excluding hydrogens is 252 g/mol. The summed E-state index contributed by atoms with van der Waals surface area (Å²) in [5, 5.41) is 27.3. The van der Waals surface area contributed by atoms with Crippen LogP contribution < -0.4 is 5.01 Å². The van der Waals surface area contributed by atoms with Gasteiger partial charge in [-0.3, -0.25) is 25.2 Å². The third-order valence-electron chi connectivity index (χ3n) is 2.56. The molecule has 0 amide bonds. The van der Waals surface area contributed by atoms with Gasteiger partial charge in [-0.2, -0.15) is 5.10 Å². The lowest BCUT2D eigenvalue weighted by molar-refractivity contribution is -0.393. The molecule has 0 unspecified atom stereocenters. The third-order valence-corrected chi connectivity index (χ3v) is 2.56. The highest BCUT2D eigenvalue weighted by molar-refractivity contribution is 5.94. The highest BCUT2D eigenvalue weighted by Gasteiger charge is 2.23. The van der Waals surface area contributed by atoms with Crippen molar-refractivity contribution in [2.45, 2.75) is 6.92 Å². The molecule has 1 aromatic carbocycles. The summed E-state index contributed by atoms with van der Waals surface area (Å²) in [5.74, 6) is 0. The lowest BCUT2D eigenvalue weighted by Gasteiger charge is -2.20. The molecule has 2 rings (SSSR count). The van der Waals surface area contributed by atoms with E-state index in [1.807, 2.05) is 6.08 Å². The van der Waals surface area contributed by atoms with Crippen LogP contribution in [-0.2, 0) is 0 Å². The van der Waals surface area contributed by atoms with E-state index in [1.54, 1.807) is 13.0 Å². The van der Waals surface area contributed by atoms with E-state index in [0.29, 0.717) is 12.3 Å². The third kappa shape index (κ3) is 2.57. The quantitative estimate of drug-likeness (QED) is 0.614. The average molecular weight is 262 g/mol. The minimum absolute atomic E-state index is 0.235. The second-order valence-electron chi connectivity index (χ2n) is 3.91. The molecule has 0 atom stereocenters. The number of nitrogens with zero attached hydrogens (tertiary/aromatic N) is 4. The van der Waals surface area contributed by atoms with Crippen molar-refractivity contribution in [3.63, 3.8) is 0 Å². The lowest BCUT2D eigenvalue weighted by atomic mass is 10.2. The molecule has 19 heavy (non-hydrogen) atoms. The molecule has 8 heteroatoms. The van der Waals surface area contributed by atoms with Crippen LogP contribution in [0.1, 0.15) is 6.92 Å². The fourth-order valence-corrected chi connectivity index (χ4v) is 1.73. The topological polar surface area (TPSA) is 102 Å². The first kappa shape index (κ1) is 12.7. The Labute approximate surface area is 107 Å². The first-order valence-corrected chi connectivity index (χ1v) is 5.41. The van der Waals surface area contributed by atoms with Gasteiger partial charge in [0.25, 0.3) is 5.69 Å². The van der Waals surface area contributed by atoms with Crippen LogP contribution in [0.15, 0.2) is 35.5 Å². The van der Waals surface area contributed by atoms with E-state index < -0.39 is 9.85 Å². The summed E-state index contributed by atoms with van der Waals surface area (Å²) in [6.45, 7) is 2.15. The number of rotatable bonds is 3. The molecule has 0 fully saturated rings. The zero-order chi connectivity index (χ0) is 14.0. The van der Waals surface area contributed by atoms with E-state index in [9.17, 15) is 20.2 Å². The van der Waals surface area contributed by atoms with Gasteiger partial charge in [0.2, 0.25) is 0 Å². The van der Waals surface area contributed by atoms with Crippen LogP contribution in [0.3, 0.4) is 0 Å². The van der Waals surface area contributed by atoms with E-state index >= 15 is 0 Å². The Hall–Kier alpha value is -2.77. The van der Waals surface area contributed by atoms with Crippen molar-refractivity contribution < 1.29 is 9.85 Å². The molecule has 8 nitrogen and oxygen atoms in total. The number of hydrogen-bond donors (Lipinski definition) is 0. The molecule has 0 radical (unpaired) electrons. The van der Waals surface area contributed by atoms with Crippen LogP contribution in [0.5, 0.6) is 0 Å². The minimum atomic E-state index is -0.665. The molecule has 0 aliphatic carbocycles. The summed E-state index contributed by atoms with van der Waals surface area (Å²) in [6, 6.07) is 3.51. The maximum absolute atomic E-state index is 11.0. The number of non-ortho nitro benzene ring substituents is 1. The largest absolute Gasteiger partial charge is 0.301 e. The van der Waals surface area contributed by atoms with Gasteiger partial charge in [-0.05, 0) is 19.1 Å². The van der Waals surface area contributed by atoms with E-state index in [1.165, 1.54) is 17.1 Å². The molecule has 1 aromatic rings. The summed E-state index contributed by atoms with van der Waals surface area (Å²) < 4.78 is 0. The lowest BCUT2D eigenvalue weighted by Crippen LogP contribution is -2.22. The zero-order valence-corrected chi connectivity index (χ0v) is 10.0. The zero-order valence-electron chi connectivity index (χ0n) is 10.0. The average Bonchev–Trinajstić information content (AvgIpc) is 2.37. The van der Waals surface area contributed by atoms with Gasteiger partial charge in [-0.15, -0.1) is 0 Å². The van der Waals surface area contributed by atoms with Crippen LogP contribution in [0.2, 0.25) is 0 Å². The number of benzene rings is 1. The highest BCUT2D eigenvalue weighted by atomic mass is 16.6.